The molecule has 1 N–H and O–H groups in total. The van der Waals surface area contributed by atoms with Crippen molar-refractivity contribution < 1.29 is 9.72 Å². The highest BCUT2D eigenvalue weighted by Gasteiger charge is 2.28. The number of carbonyl (C=O) groups excluding carboxylic acids is 1. The van der Waals surface area contributed by atoms with Crippen LogP contribution in [-0.4, -0.2) is 30.5 Å². The highest BCUT2D eigenvalue weighted by atomic mass is 16.6. The van der Waals surface area contributed by atoms with Gasteiger partial charge >= 0.3 is 0 Å². The molecule has 2 rings (SSSR count). The largest absolute Gasteiger partial charge is 0.314 e. The second-order valence-electron chi connectivity index (χ2n) is 5.48. The van der Waals surface area contributed by atoms with Crippen molar-refractivity contribution in [2.24, 2.45) is 5.92 Å². The fourth-order valence-corrected chi connectivity index (χ4v) is 2.71. The van der Waals surface area contributed by atoms with Crippen molar-refractivity contribution in [3.05, 3.63) is 34.4 Å². The van der Waals surface area contributed by atoms with Gasteiger partial charge in [0, 0.05) is 24.9 Å². The lowest BCUT2D eigenvalue weighted by Crippen LogP contribution is -2.49. The van der Waals surface area contributed by atoms with Crippen molar-refractivity contribution in [3.63, 3.8) is 0 Å². The lowest BCUT2D eigenvalue weighted by Gasteiger charge is -2.31. The van der Waals surface area contributed by atoms with E-state index in [9.17, 15) is 14.9 Å². The fourth-order valence-electron chi connectivity index (χ4n) is 2.71. The Morgan fingerprint density at radius 1 is 1.43 bits per heavy atom. The Labute approximate surface area is 124 Å². The van der Waals surface area contributed by atoms with Crippen LogP contribution in [0.4, 0.5) is 11.4 Å². The van der Waals surface area contributed by atoms with Gasteiger partial charge in [-0.1, -0.05) is 13.3 Å². The van der Waals surface area contributed by atoms with Gasteiger partial charge in [-0.3, -0.25) is 14.9 Å². The van der Waals surface area contributed by atoms with Gasteiger partial charge in [0.15, 0.2) is 0 Å². The molecule has 1 aliphatic rings. The molecule has 6 nitrogen and oxygen atoms in total. The Kier molecular flexibility index (Phi) is 4.90. The summed E-state index contributed by atoms with van der Waals surface area (Å²) >= 11 is 0. The summed E-state index contributed by atoms with van der Waals surface area (Å²) in [6.07, 6.45) is 3.06. The first-order chi connectivity index (χ1) is 10.0. The first-order valence-electron chi connectivity index (χ1n) is 7.28. The van der Waals surface area contributed by atoms with Crippen LogP contribution >= 0.6 is 0 Å². The smallest absolute Gasteiger partial charge is 0.269 e. The topological polar surface area (TPSA) is 75.5 Å². The van der Waals surface area contributed by atoms with Crippen molar-refractivity contribution in [2.75, 3.05) is 18.5 Å². The van der Waals surface area contributed by atoms with Crippen LogP contribution in [0.2, 0.25) is 0 Å². The van der Waals surface area contributed by atoms with Crippen LogP contribution in [0.5, 0.6) is 0 Å². The Morgan fingerprint density at radius 2 is 2.10 bits per heavy atom. The van der Waals surface area contributed by atoms with E-state index in [-0.39, 0.29) is 17.6 Å². The van der Waals surface area contributed by atoms with Gasteiger partial charge in [0.2, 0.25) is 5.91 Å². The number of rotatable bonds is 4. The minimum Gasteiger partial charge on any atom is -0.314 e. The maximum Gasteiger partial charge on any atom is 0.269 e. The predicted molar refractivity (Wildman–Crippen MR) is 81.3 cm³/mol. The number of nitrogens with zero attached hydrogens (tertiary/aromatic N) is 2. The van der Waals surface area contributed by atoms with Gasteiger partial charge < -0.3 is 10.2 Å². The number of nitro groups is 1. The lowest BCUT2D eigenvalue weighted by atomic mass is 9.90. The van der Waals surface area contributed by atoms with Gasteiger partial charge in [-0.15, -0.1) is 0 Å². The average Bonchev–Trinajstić information content (AvgIpc) is 2.53. The molecule has 1 amide bonds. The summed E-state index contributed by atoms with van der Waals surface area (Å²) in [5.74, 6) is 0.604. The molecule has 0 radical (unpaired) electrons. The summed E-state index contributed by atoms with van der Waals surface area (Å²) in [5, 5.41) is 13.9. The van der Waals surface area contributed by atoms with Gasteiger partial charge in [0.05, 0.1) is 11.0 Å². The van der Waals surface area contributed by atoms with Crippen LogP contribution in [0.1, 0.15) is 26.2 Å². The fraction of sp³-hybridized carbons (Fsp3) is 0.533. The number of likely N-dealkylation sites (N-methyl/N-ethyl adjacent to an activating group) is 1. The average molecular weight is 291 g/mol. The zero-order chi connectivity index (χ0) is 15.4. The molecule has 0 bridgehead atoms. The molecule has 114 valence electrons. The van der Waals surface area contributed by atoms with E-state index >= 15 is 0 Å². The van der Waals surface area contributed by atoms with E-state index in [1.54, 1.807) is 24.1 Å². The molecule has 1 aromatic rings. The molecule has 2 atom stereocenters. The molecule has 0 saturated carbocycles. The molecule has 1 saturated heterocycles. The number of anilines is 1. The maximum atomic E-state index is 12.5. The lowest BCUT2D eigenvalue weighted by molar-refractivity contribution is -0.384. The number of amides is 1. The number of hydrogen-bond donors (Lipinski definition) is 1. The maximum absolute atomic E-state index is 12.5. The van der Waals surface area contributed by atoms with Gasteiger partial charge in [-0.05, 0) is 37.4 Å². The second kappa shape index (κ2) is 6.67. The molecule has 1 fully saturated rings. The van der Waals surface area contributed by atoms with E-state index in [0.717, 1.165) is 25.8 Å². The number of piperidine rings is 1. The van der Waals surface area contributed by atoms with Crippen LogP contribution in [-0.2, 0) is 4.79 Å². The molecule has 6 heteroatoms. The Bertz CT molecular complexity index is 515. The van der Waals surface area contributed by atoms with Gasteiger partial charge in [0.25, 0.3) is 5.69 Å². The van der Waals surface area contributed by atoms with Gasteiger partial charge in [-0.25, -0.2) is 0 Å². The van der Waals surface area contributed by atoms with Crippen molar-refractivity contribution in [3.8, 4) is 0 Å². The molecule has 1 heterocycles. The van der Waals surface area contributed by atoms with Crippen molar-refractivity contribution >= 4 is 17.3 Å². The number of non-ortho nitro benzene ring substituents is 1. The Hall–Kier alpha value is -1.95. The van der Waals surface area contributed by atoms with E-state index < -0.39 is 4.92 Å². The highest BCUT2D eigenvalue weighted by molar-refractivity contribution is 5.96. The summed E-state index contributed by atoms with van der Waals surface area (Å²) in [6.45, 7) is 3.01. The SMILES string of the molecule is CCC1CCNC(C(=O)N(C)c2ccc([N+](=O)[O-])cc2)C1. The van der Waals surface area contributed by atoms with Gasteiger partial charge in [0.1, 0.15) is 0 Å². The minimum atomic E-state index is -0.444. The Morgan fingerprint density at radius 3 is 2.67 bits per heavy atom. The number of carbonyl (C=O) groups is 1. The number of hydrogen-bond acceptors (Lipinski definition) is 4. The third kappa shape index (κ3) is 3.58. The van der Waals surface area contributed by atoms with Crippen LogP contribution in [0.15, 0.2) is 24.3 Å². The van der Waals surface area contributed by atoms with Crippen LogP contribution in [0.3, 0.4) is 0 Å². The standard InChI is InChI=1S/C15H21N3O3/c1-3-11-8-9-16-14(10-11)15(19)17(2)12-4-6-13(7-5-12)18(20)21/h4-7,11,14,16H,3,8-10H2,1-2H3. The van der Waals surface area contributed by atoms with Gasteiger partial charge in [-0.2, -0.15) is 0 Å². The molecule has 1 aliphatic heterocycles. The molecule has 2 unspecified atom stereocenters. The van der Waals surface area contributed by atoms with E-state index in [1.807, 2.05) is 0 Å². The summed E-state index contributed by atoms with van der Waals surface area (Å²) in [5.41, 5.74) is 0.701. The predicted octanol–water partition coefficient (Wildman–Crippen LogP) is 2.34. The quantitative estimate of drug-likeness (QED) is 0.682. The third-order valence-electron chi connectivity index (χ3n) is 4.17. The van der Waals surface area contributed by atoms with Crippen molar-refractivity contribution in [1.29, 1.82) is 0 Å². The number of benzene rings is 1. The summed E-state index contributed by atoms with van der Waals surface area (Å²) in [6, 6.07) is 5.89. The van der Waals surface area contributed by atoms with Crippen molar-refractivity contribution in [1.82, 2.24) is 5.32 Å². The first kappa shape index (κ1) is 15.4. The minimum absolute atomic E-state index is 0.0157. The summed E-state index contributed by atoms with van der Waals surface area (Å²) in [7, 11) is 1.71. The third-order valence-corrected chi connectivity index (χ3v) is 4.17. The molecular weight excluding hydrogens is 270 g/mol. The summed E-state index contributed by atoms with van der Waals surface area (Å²) in [4.78, 5) is 24.3. The number of nitro benzene ring substituents is 1. The monoisotopic (exact) mass is 291 g/mol. The highest BCUT2D eigenvalue weighted by Crippen LogP contribution is 2.23. The van der Waals surface area contributed by atoms with E-state index in [1.165, 1.54) is 12.1 Å². The molecule has 1 aromatic carbocycles. The summed E-state index contributed by atoms with van der Waals surface area (Å²) < 4.78 is 0. The van der Waals surface area contributed by atoms with Crippen molar-refractivity contribution in [2.45, 2.75) is 32.2 Å². The van der Waals surface area contributed by atoms with E-state index in [0.29, 0.717) is 11.6 Å². The normalized spacial score (nSPS) is 21.8. The Balaban J connectivity index is 2.06. The zero-order valence-electron chi connectivity index (χ0n) is 12.4. The zero-order valence-corrected chi connectivity index (χ0v) is 12.4. The van der Waals surface area contributed by atoms with Crippen LogP contribution < -0.4 is 10.2 Å². The molecule has 21 heavy (non-hydrogen) atoms. The molecular formula is C15H21N3O3. The molecule has 0 aliphatic carbocycles. The van der Waals surface area contributed by atoms with Crippen LogP contribution in [0.25, 0.3) is 0 Å². The van der Waals surface area contributed by atoms with E-state index in [2.05, 4.69) is 12.2 Å². The molecule has 0 aromatic heterocycles. The number of nitrogens with one attached hydrogen (secondary N) is 1. The molecule has 0 spiro atoms. The van der Waals surface area contributed by atoms with Crippen LogP contribution in [0, 0.1) is 16.0 Å². The first-order valence-corrected chi connectivity index (χ1v) is 7.28. The second-order valence-corrected chi connectivity index (χ2v) is 5.48. The van der Waals surface area contributed by atoms with E-state index in [4.69, 9.17) is 0 Å².